The van der Waals surface area contributed by atoms with E-state index in [-0.39, 0.29) is 18.4 Å². The van der Waals surface area contributed by atoms with Crippen molar-refractivity contribution in [3.05, 3.63) is 35.9 Å². The van der Waals surface area contributed by atoms with Crippen molar-refractivity contribution in [1.29, 1.82) is 0 Å². The van der Waals surface area contributed by atoms with Crippen molar-refractivity contribution >= 4 is 5.91 Å². The first-order chi connectivity index (χ1) is 6.74. The average Bonchev–Trinajstić information content (AvgIpc) is 2.20. The lowest BCUT2D eigenvalue weighted by Gasteiger charge is -2.12. The van der Waals surface area contributed by atoms with Crippen LogP contribution in [0, 0.1) is 0 Å². The van der Waals surface area contributed by atoms with Gasteiger partial charge in [-0.2, -0.15) is 0 Å². The number of benzene rings is 1. The Morgan fingerprint density at radius 1 is 1.36 bits per heavy atom. The molecule has 0 heterocycles. The lowest BCUT2D eigenvalue weighted by Crippen LogP contribution is -2.13. The fraction of sp³-hybridized carbons (Fsp3) is 0.364. The van der Waals surface area contributed by atoms with Crippen LogP contribution in [0.3, 0.4) is 0 Å². The molecule has 1 unspecified atom stereocenters. The second kappa shape index (κ2) is 5.40. The van der Waals surface area contributed by atoms with Crippen LogP contribution < -0.4 is 5.73 Å². The summed E-state index contributed by atoms with van der Waals surface area (Å²) in [6.07, 6.45) is 0.927. The van der Waals surface area contributed by atoms with Gasteiger partial charge >= 0.3 is 0 Å². The molecule has 1 rings (SSSR count). The van der Waals surface area contributed by atoms with Crippen LogP contribution in [0.2, 0.25) is 0 Å². The van der Waals surface area contributed by atoms with Gasteiger partial charge in [-0.25, -0.2) is 0 Å². The van der Waals surface area contributed by atoms with E-state index in [9.17, 15) is 4.79 Å². The first-order valence-corrected chi connectivity index (χ1v) is 4.68. The molecular formula is C11H15NO2. The van der Waals surface area contributed by atoms with E-state index in [1.165, 1.54) is 0 Å². The Hall–Kier alpha value is -1.35. The highest BCUT2D eigenvalue weighted by Gasteiger charge is 2.10. The number of hydrogen-bond donors (Lipinski definition) is 2. The third kappa shape index (κ3) is 3.18. The Labute approximate surface area is 83.6 Å². The number of carbonyl (C=O) groups is 1. The standard InChI is InChI=1S/C11H15NO2/c12-11(14)7-6-10(8-13)9-4-2-1-3-5-9/h1-5,10,13H,6-8H2,(H2,12,14). The number of rotatable bonds is 5. The third-order valence-corrected chi connectivity index (χ3v) is 2.23. The molecule has 0 radical (unpaired) electrons. The molecule has 1 atom stereocenters. The topological polar surface area (TPSA) is 63.3 Å². The summed E-state index contributed by atoms with van der Waals surface area (Å²) in [5, 5.41) is 9.14. The Kier molecular flexibility index (Phi) is 4.13. The predicted molar refractivity (Wildman–Crippen MR) is 54.7 cm³/mol. The molecule has 1 amide bonds. The highest BCUT2D eigenvalue weighted by atomic mass is 16.3. The number of primary amides is 1. The fourth-order valence-electron chi connectivity index (χ4n) is 1.41. The molecule has 1 aromatic carbocycles. The molecular weight excluding hydrogens is 178 g/mol. The second-order valence-corrected chi connectivity index (χ2v) is 3.30. The average molecular weight is 193 g/mol. The zero-order chi connectivity index (χ0) is 10.4. The van der Waals surface area contributed by atoms with Crippen LogP contribution in [0.1, 0.15) is 24.3 Å². The van der Waals surface area contributed by atoms with E-state index in [4.69, 9.17) is 10.8 Å². The first-order valence-electron chi connectivity index (χ1n) is 4.68. The highest BCUT2D eigenvalue weighted by molar-refractivity contribution is 5.73. The molecule has 0 aliphatic rings. The van der Waals surface area contributed by atoms with Crippen molar-refractivity contribution in [2.24, 2.45) is 5.73 Å². The quantitative estimate of drug-likeness (QED) is 0.733. The minimum atomic E-state index is -0.320. The maximum absolute atomic E-state index is 10.6. The molecule has 76 valence electrons. The van der Waals surface area contributed by atoms with E-state index in [2.05, 4.69) is 0 Å². The van der Waals surface area contributed by atoms with Crippen LogP contribution in [-0.2, 0) is 4.79 Å². The summed E-state index contributed by atoms with van der Waals surface area (Å²) in [4.78, 5) is 10.6. The van der Waals surface area contributed by atoms with E-state index < -0.39 is 0 Å². The number of hydrogen-bond acceptors (Lipinski definition) is 2. The van der Waals surface area contributed by atoms with Gasteiger partial charge in [0.15, 0.2) is 0 Å². The van der Waals surface area contributed by atoms with E-state index in [1.54, 1.807) is 0 Å². The summed E-state index contributed by atoms with van der Waals surface area (Å²) in [6.45, 7) is 0.0529. The summed E-state index contributed by atoms with van der Waals surface area (Å²) >= 11 is 0. The van der Waals surface area contributed by atoms with Crippen molar-refractivity contribution < 1.29 is 9.90 Å². The van der Waals surface area contributed by atoms with Crippen molar-refractivity contribution in [1.82, 2.24) is 0 Å². The molecule has 0 fully saturated rings. The molecule has 0 aliphatic heterocycles. The van der Waals surface area contributed by atoms with E-state index in [0.717, 1.165) is 5.56 Å². The van der Waals surface area contributed by atoms with E-state index >= 15 is 0 Å². The number of amides is 1. The smallest absolute Gasteiger partial charge is 0.217 e. The fourth-order valence-corrected chi connectivity index (χ4v) is 1.41. The van der Waals surface area contributed by atoms with Crippen LogP contribution in [0.15, 0.2) is 30.3 Å². The molecule has 14 heavy (non-hydrogen) atoms. The summed E-state index contributed by atoms with van der Waals surface area (Å²) in [6, 6.07) is 9.65. The Balaban J connectivity index is 2.58. The number of carbonyl (C=O) groups excluding carboxylic acids is 1. The number of aliphatic hydroxyl groups is 1. The zero-order valence-electron chi connectivity index (χ0n) is 8.02. The van der Waals surface area contributed by atoms with Gasteiger partial charge in [-0.1, -0.05) is 30.3 Å². The molecule has 0 bridgehead atoms. The van der Waals surface area contributed by atoms with Gasteiger partial charge in [-0.05, 0) is 12.0 Å². The Morgan fingerprint density at radius 3 is 2.50 bits per heavy atom. The number of nitrogens with two attached hydrogens (primary N) is 1. The lowest BCUT2D eigenvalue weighted by molar-refractivity contribution is -0.118. The van der Waals surface area contributed by atoms with Gasteiger partial charge < -0.3 is 10.8 Å². The van der Waals surface area contributed by atoms with Gasteiger partial charge in [0, 0.05) is 18.9 Å². The molecule has 0 saturated carbocycles. The summed E-state index contributed by atoms with van der Waals surface area (Å²) in [7, 11) is 0. The molecule has 1 aromatic rings. The highest BCUT2D eigenvalue weighted by Crippen LogP contribution is 2.19. The van der Waals surface area contributed by atoms with Crippen LogP contribution >= 0.6 is 0 Å². The van der Waals surface area contributed by atoms with Crippen LogP contribution in [0.4, 0.5) is 0 Å². The van der Waals surface area contributed by atoms with Crippen molar-refractivity contribution in [3.8, 4) is 0 Å². The second-order valence-electron chi connectivity index (χ2n) is 3.30. The molecule has 3 heteroatoms. The minimum Gasteiger partial charge on any atom is -0.396 e. The molecule has 0 aliphatic carbocycles. The maximum Gasteiger partial charge on any atom is 0.217 e. The first kappa shape index (κ1) is 10.7. The number of aliphatic hydroxyl groups excluding tert-OH is 1. The summed E-state index contributed by atoms with van der Waals surface area (Å²) < 4.78 is 0. The summed E-state index contributed by atoms with van der Waals surface area (Å²) in [5.41, 5.74) is 6.11. The molecule has 0 spiro atoms. The van der Waals surface area contributed by atoms with Gasteiger partial charge in [-0.15, -0.1) is 0 Å². The third-order valence-electron chi connectivity index (χ3n) is 2.23. The van der Waals surface area contributed by atoms with Crippen molar-refractivity contribution in [2.75, 3.05) is 6.61 Å². The molecule has 0 saturated heterocycles. The predicted octanol–water partition coefficient (Wildman–Crippen LogP) is 1.03. The van der Waals surface area contributed by atoms with E-state index in [1.807, 2.05) is 30.3 Å². The Morgan fingerprint density at radius 2 is 2.00 bits per heavy atom. The zero-order valence-corrected chi connectivity index (χ0v) is 8.02. The SMILES string of the molecule is NC(=O)CCC(CO)c1ccccc1. The van der Waals surface area contributed by atoms with Gasteiger partial charge in [-0.3, -0.25) is 4.79 Å². The van der Waals surface area contributed by atoms with Crippen LogP contribution in [0.25, 0.3) is 0 Å². The Bertz CT molecular complexity index is 285. The molecule has 3 N–H and O–H groups in total. The van der Waals surface area contributed by atoms with Crippen LogP contribution in [-0.4, -0.2) is 17.6 Å². The van der Waals surface area contributed by atoms with Gasteiger partial charge in [0.25, 0.3) is 0 Å². The van der Waals surface area contributed by atoms with Crippen molar-refractivity contribution in [3.63, 3.8) is 0 Å². The summed E-state index contributed by atoms with van der Waals surface area (Å²) in [5.74, 6) is -0.303. The van der Waals surface area contributed by atoms with E-state index in [0.29, 0.717) is 12.8 Å². The van der Waals surface area contributed by atoms with Gasteiger partial charge in [0.2, 0.25) is 5.91 Å². The molecule has 0 aromatic heterocycles. The lowest BCUT2D eigenvalue weighted by atomic mass is 9.95. The minimum absolute atomic E-state index is 0.0173. The normalized spacial score (nSPS) is 12.4. The van der Waals surface area contributed by atoms with Gasteiger partial charge in [0.05, 0.1) is 0 Å². The largest absolute Gasteiger partial charge is 0.396 e. The van der Waals surface area contributed by atoms with Gasteiger partial charge in [0.1, 0.15) is 0 Å². The maximum atomic E-state index is 10.6. The monoisotopic (exact) mass is 193 g/mol. The molecule has 3 nitrogen and oxygen atoms in total. The van der Waals surface area contributed by atoms with Crippen molar-refractivity contribution in [2.45, 2.75) is 18.8 Å². The van der Waals surface area contributed by atoms with Crippen LogP contribution in [0.5, 0.6) is 0 Å².